The van der Waals surface area contributed by atoms with Crippen molar-refractivity contribution >= 4 is 89.2 Å². The van der Waals surface area contributed by atoms with E-state index in [1.54, 1.807) is 90.7 Å². The Bertz CT molecular complexity index is 5830. The van der Waals surface area contributed by atoms with Crippen LogP contribution in [0, 0.1) is 71.9 Å². The number of esters is 3. The van der Waals surface area contributed by atoms with E-state index in [0.29, 0.717) is 52.6 Å². The number of likely N-dealkylation sites (tertiary alicyclic amines) is 1. The first-order valence-corrected chi connectivity index (χ1v) is 54.5. The number of ether oxygens (including phenoxy) is 8. The van der Waals surface area contributed by atoms with Gasteiger partial charge in [-0.2, -0.15) is 0 Å². The maximum Gasteiger partial charge on any atom is 0.327 e. The maximum absolute atomic E-state index is 12.7. The number of likely N-dealkylation sites (N-methyl/N-ethyl adjacent to an activating group) is 1. The lowest BCUT2D eigenvalue weighted by Gasteiger charge is -2.42. The van der Waals surface area contributed by atoms with E-state index in [1.807, 2.05) is 236 Å². The predicted octanol–water partition coefficient (Wildman–Crippen LogP) is 28.2. The zero-order valence-corrected chi connectivity index (χ0v) is 94.1. The number of benzene rings is 6. The molecule has 16 atom stereocenters. The second-order valence-electron chi connectivity index (χ2n) is 50.7. The molecular formula is C122H197N5O21S2. The standard InChI is InChI=1S/C25H22O3.C17H28O7.C16H22N2O2.C16H30O2.C15H25NO3S.C13H17NO3S.C13H25NO.7CH4/c1-25(2,3)24(27)28-21-15-13-17-9-5-7-11-19(17)23(21)22-18-10-6-4-8-16(18)12-14-20(22)26;1-15(2,3)14(18)19-8-9-10-11(22-16(4,5)21-10)12-13(20-9)24-17(6,7)23-12;1-11-13(12-9-7-6-8-10-12)18(15(20)17(11)5)14(19)16(2,3)4;1-11-8-9-12(15(2,3)4)13(10-11)18-14(17)16(5,6)7;1-13(2,3)12(17)16-11-8-10-6-7-15(11,14(10,4)5)9-20(16,18)19;1-9-10-7-5-6-8-11(10)18(16,17)14(9)12(15)13(2,3)4;1-6-10-8-9-11(7-2)14(10)12(15)13(3,4)5;;;;;;;/h4-15,26H,1-3H3;9-13H,8H2,1-7H3;6-11,13H,1-5H3;11-13H,8-10H2,1-7H3;10-11H,6-9H2,1-5H3;5-9H,1-4H3;10-11H,6-9H2,1-5H3;7*1H4. The van der Waals surface area contributed by atoms with Crippen LogP contribution in [0.4, 0.5) is 4.79 Å². The number of phenols is 1. The van der Waals surface area contributed by atoms with Gasteiger partial charge in [0.25, 0.3) is 10.0 Å². The monoisotopic (exact) mass is 2130 g/mol. The third-order valence-corrected chi connectivity index (χ3v) is 33.6. The molecule has 6 aromatic rings. The van der Waals surface area contributed by atoms with E-state index >= 15 is 0 Å². The Labute approximate surface area is 905 Å². The summed E-state index contributed by atoms with van der Waals surface area (Å²) in [6, 6.07) is 39.6. The third kappa shape index (κ3) is 29.5. The molecule has 848 valence electrons. The van der Waals surface area contributed by atoms with Gasteiger partial charge in [0.05, 0.1) is 51.1 Å². The molecule has 0 aromatic heterocycles. The SMILES string of the molecule is C.C.C.C.C.C.C.CC(C)(C)C(=O)N1C2CC3CCC2(CS1(=O)=O)C3(C)C.CC(C)(C)C(=O)Oc1ccc2ccccc2c1-c1c(O)ccc2ccccc12.CC1(C)OC2OC(COC(=O)C(C)(C)C)C3OC(C)(C)OC3C2O1.CC1C(c2ccccc2)N(C(=O)C(C)(C)C)C(=O)N1C.CC1CCC(C(C)(C)C)C(OC(=O)C(C)(C)C)C1.CC1c2ccccc2S(=O)(=O)N1C(=O)C(C)(C)C.CCC1CCC(CC)N1C(=O)C(C)(C)C. The Morgan fingerprint density at radius 2 is 0.940 bits per heavy atom. The van der Waals surface area contributed by atoms with Crippen molar-refractivity contribution in [3.8, 4) is 22.6 Å². The molecule has 10 aliphatic rings. The Morgan fingerprint density at radius 1 is 0.480 bits per heavy atom. The number of amides is 6. The molecule has 7 aliphatic heterocycles. The van der Waals surface area contributed by atoms with E-state index in [0.717, 1.165) is 75.5 Å². The third-order valence-electron chi connectivity index (χ3n) is 29.8. The smallest absolute Gasteiger partial charge is 0.327 e. The number of fused-ring (bicyclic) bond motifs is 7. The fourth-order valence-corrected chi connectivity index (χ4v) is 26.1. The minimum absolute atomic E-state index is 0. The van der Waals surface area contributed by atoms with Gasteiger partial charge in [-0.1, -0.05) is 306 Å². The molecule has 2 bridgehead atoms. The van der Waals surface area contributed by atoms with E-state index in [9.17, 15) is 60.3 Å². The van der Waals surface area contributed by atoms with Gasteiger partial charge < -0.3 is 52.8 Å². The molecular weight excluding hydrogens is 1940 g/mol. The lowest BCUT2D eigenvalue weighted by atomic mass is 9.68. The quantitative estimate of drug-likeness (QED) is 0.109. The fraction of sp³-hybridized carbons (Fsp3) is 0.672. The molecule has 16 unspecified atom stereocenters. The molecule has 28 heteroatoms. The molecule has 6 saturated heterocycles. The number of carbonyl (C=O) groups is 8. The van der Waals surface area contributed by atoms with Crippen LogP contribution in [0.1, 0.15) is 382 Å². The summed E-state index contributed by atoms with van der Waals surface area (Å²) in [6.45, 7) is 67.8. The maximum atomic E-state index is 12.7. The highest BCUT2D eigenvalue weighted by Crippen LogP contribution is 2.70. The van der Waals surface area contributed by atoms with Gasteiger partial charge in [0.15, 0.2) is 17.9 Å². The van der Waals surface area contributed by atoms with Gasteiger partial charge in [0, 0.05) is 63.3 Å². The predicted molar refractivity (Wildman–Crippen MR) is 607 cm³/mol. The van der Waals surface area contributed by atoms with Crippen molar-refractivity contribution in [2.24, 2.45) is 71.9 Å². The first kappa shape index (κ1) is 135. The van der Waals surface area contributed by atoms with Crippen LogP contribution in [-0.4, -0.2) is 185 Å². The summed E-state index contributed by atoms with van der Waals surface area (Å²) in [4.78, 5) is 105. The molecule has 6 aromatic carbocycles. The van der Waals surface area contributed by atoms with Gasteiger partial charge in [0.2, 0.25) is 33.7 Å². The van der Waals surface area contributed by atoms with E-state index in [1.165, 1.54) is 34.9 Å². The number of urea groups is 1. The first-order chi connectivity index (χ1) is 65.5. The van der Waals surface area contributed by atoms with Crippen molar-refractivity contribution in [3.63, 3.8) is 0 Å². The molecule has 3 aliphatic carbocycles. The fourth-order valence-electron chi connectivity index (χ4n) is 21.4. The lowest BCUT2D eigenvalue weighted by molar-refractivity contribution is -0.243. The molecule has 9 fully saturated rings. The Hall–Kier alpha value is -8.90. The topological polar surface area (TPSA) is 315 Å². The number of nitrogens with zero attached hydrogens (tertiary/aromatic N) is 5. The molecule has 1 N–H and O–H groups in total. The lowest BCUT2D eigenvalue weighted by Crippen LogP contribution is -2.56. The molecule has 3 saturated carbocycles. The van der Waals surface area contributed by atoms with Crippen molar-refractivity contribution in [2.75, 3.05) is 19.4 Å². The molecule has 0 radical (unpaired) electrons. The number of rotatable bonds is 8. The van der Waals surface area contributed by atoms with Crippen molar-refractivity contribution in [2.45, 2.75) is 448 Å². The average Bonchev–Trinajstić information content (AvgIpc) is 1.50. The number of aromatic hydroxyl groups is 1. The van der Waals surface area contributed by atoms with Gasteiger partial charge in [-0.25, -0.2) is 30.2 Å². The highest BCUT2D eigenvalue weighted by Gasteiger charge is 2.73. The summed E-state index contributed by atoms with van der Waals surface area (Å²) in [5, 5.41) is 14.7. The highest BCUT2D eigenvalue weighted by molar-refractivity contribution is 7.90. The summed E-state index contributed by atoms with van der Waals surface area (Å²) in [7, 11) is -5.41. The van der Waals surface area contributed by atoms with Crippen LogP contribution in [0.25, 0.3) is 32.7 Å². The molecule has 26 nitrogen and oxygen atoms in total. The van der Waals surface area contributed by atoms with Gasteiger partial charge in [-0.3, -0.25) is 38.5 Å². The van der Waals surface area contributed by atoms with Crippen molar-refractivity contribution < 1.29 is 98.2 Å². The average molecular weight is 2130 g/mol. The van der Waals surface area contributed by atoms with Crippen molar-refractivity contribution in [1.29, 1.82) is 0 Å². The summed E-state index contributed by atoms with van der Waals surface area (Å²) in [5.41, 5.74) is -0.669. The van der Waals surface area contributed by atoms with Gasteiger partial charge in [-0.15, -0.1) is 0 Å². The van der Waals surface area contributed by atoms with Crippen LogP contribution in [0.3, 0.4) is 0 Å². The summed E-state index contributed by atoms with van der Waals surface area (Å²) >= 11 is 0. The van der Waals surface area contributed by atoms with Gasteiger partial charge in [0.1, 0.15) is 48.6 Å². The molecule has 1 spiro atoms. The van der Waals surface area contributed by atoms with E-state index in [2.05, 4.69) is 60.3 Å². The second-order valence-corrected chi connectivity index (χ2v) is 54.4. The zero-order chi connectivity index (χ0) is 108. The van der Waals surface area contributed by atoms with Gasteiger partial charge in [-0.05, 0) is 235 Å². The van der Waals surface area contributed by atoms with Gasteiger partial charge >= 0.3 is 23.9 Å². The number of hydrogen-bond acceptors (Lipinski definition) is 21. The van der Waals surface area contributed by atoms with Crippen LogP contribution < -0.4 is 4.74 Å². The minimum atomic E-state index is -3.69. The van der Waals surface area contributed by atoms with Crippen LogP contribution in [0.15, 0.2) is 132 Å². The Balaban J connectivity index is 0.000000449. The normalized spacial score (nSPS) is 26.1. The number of phenolic OH excluding ortho intramolecular Hbond substituents is 1. The molecule has 150 heavy (non-hydrogen) atoms. The number of sulfonamides is 2. The minimum Gasteiger partial charge on any atom is -0.507 e. The zero-order valence-electron chi connectivity index (χ0n) is 92.4. The van der Waals surface area contributed by atoms with E-state index < -0.39 is 82.5 Å². The van der Waals surface area contributed by atoms with Crippen molar-refractivity contribution in [1.82, 2.24) is 23.3 Å². The van der Waals surface area contributed by atoms with Crippen LogP contribution in [0.5, 0.6) is 11.5 Å². The van der Waals surface area contributed by atoms with Crippen LogP contribution in [-0.2, 0) is 86.8 Å². The molecule has 6 amide bonds. The number of hydrogen-bond donors (Lipinski definition) is 1. The largest absolute Gasteiger partial charge is 0.507 e. The van der Waals surface area contributed by atoms with E-state index in [4.69, 9.17) is 37.9 Å². The summed E-state index contributed by atoms with van der Waals surface area (Å²) in [5.74, 6) is -0.0986. The van der Waals surface area contributed by atoms with Crippen LogP contribution in [0.2, 0.25) is 0 Å². The number of carbonyl (C=O) groups excluding carboxylic acids is 8. The van der Waals surface area contributed by atoms with Crippen LogP contribution >= 0.6 is 0 Å². The van der Waals surface area contributed by atoms with E-state index in [-0.39, 0.29) is 181 Å². The highest BCUT2D eigenvalue weighted by atomic mass is 32.2. The second kappa shape index (κ2) is 49.9. The first-order valence-electron chi connectivity index (χ1n) is 51.5. The number of imide groups is 1. The molecule has 16 rings (SSSR count). The summed E-state index contributed by atoms with van der Waals surface area (Å²) in [6.07, 6.45) is 8.89. The Kier molecular flexibility index (Phi) is 45.0. The Morgan fingerprint density at radius 3 is 1.43 bits per heavy atom. The van der Waals surface area contributed by atoms with Crippen molar-refractivity contribution in [3.05, 3.63) is 139 Å². The summed E-state index contributed by atoms with van der Waals surface area (Å²) < 4.78 is 99.1. The molecule has 7 heterocycles.